The minimum absolute atomic E-state index is 0.168. The first-order chi connectivity index (χ1) is 10.3. The highest BCUT2D eigenvalue weighted by Crippen LogP contribution is 2.15. The van der Waals surface area contributed by atoms with Crippen LogP contribution in [0, 0.1) is 0 Å². The molecule has 1 amide bonds. The summed E-state index contributed by atoms with van der Waals surface area (Å²) in [4.78, 5) is 11.8. The molecule has 0 saturated carbocycles. The lowest BCUT2D eigenvalue weighted by Gasteiger charge is -2.05. The SMILES string of the molecule is C=CCOc1ccc(NC(=O)/C=C/c2ccccc2)cc1. The third-order valence-corrected chi connectivity index (χ3v) is 2.72. The van der Waals surface area contributed by atoms with Gasteiger partial charge in [-0.3, -0.25) is 4.79 Å². The van der Waals surface area contributed by atoms with Crippen LogP contribution >= 0.6 is 0 Å². The summed E-state index contributed by atoms with van der Waals surface area (Å²) < 4.78 is 5.38. The summed E-state index contributed by atoms with van der Waals surface area (Å²) in [5, 5.41) is 2.79. The van der Waals surface area contributed by atoms with Crippen molar-refractivity contribution < 1.29 is 9.53 Å². The maximum atomic E-state index is 11.8. The number of nitrogens with one attached hydrogen (secondary N) is 1. The highest BCUT2D eigenvalue weighted by molar-refractivity contribution is 6.01. The number of rotatable bonds is 6. The van der Waals surface area contributed by atoms with Crippen LogP contribution in [-0.4, -0.2) is 12.5 Å². The zero-order valence-electron chi connectivity index (χ0n) is 11.7. The van der Waals surface area contributed by atoms with Crippen LogP contribution in [0.15, 0.2) is 73.3 Å². The smallest absolute Gasteiger partial charge is 0.248 e. The van der Waals surface area contributed by atoms with Gasteiger partial charge in [0.2, 0.25) is 5.91 Å². The van der Waals surface area contributed by atoms with Crippen molar-refractivity contribution >= 4 is 17.7 Å². The van der Waals surface area contributed by atoms with E-state index in [1.54, 1.807) is 36.4 Å². The molecule has 0 aliphatic carbocycles. The zero-order valence-corrected chi connectivity index (χ0v) is 11.7. The Hall–Kier alpha value is -2.81. The van der Waals surface area contributed by atoms with E-state index in [4.69, 9.17) is 4.74 Å². The van der Waals surface area contributed by atoms with Gasteiger partial charge in [0, 0.05) is 11.8 Å². The van der Waals surface area contributed by atoms with Gasteiger partial charge in [-0.2, -0.15) is 0 Å². The van der Waals surface area contributed by atoms with E-state index in [0.717, 1.165) is 17.0 Å². The Bertz CT molecular complexity index is 615. The van der Waals surface area contributed by atoms with E-state index in [1.165, 1.54) is 6.08 Å². The quantitative estimate of drug-likeness (QED) is 0.643. The van der Waals surface area contributed by atoms with Crippen LogP contribution in [0.4, 0.5) is 5.69 Å². The fourth-order valence-electron chi connectivity index (χ4n) is 1.71. The molecule has 0 heterocycles. The van der Waals surface area contributed by atoms with E-state index < -0.39 is 0 Å². The largest absolute Gasteiger partial charge is 0.490 e. The second-order valence-electron chi connectivity index (χ2n) is 4.36. The normalized spacial score (nSPS) is 10.3. The Morgan fingerprint density at radius 2 is 1.81 bits per heavy atom. The Balaban J connectivity index is 1.90. The van der Waals surface area contributed by atoms with E-state index in [-0.39, 0.29) is 5.91 Å². The fourth-order valence-corrected chi connectivity index (χ4v) is 1.71. The molecule has 2 aromatic rings. The van der Waals surface area contributed by atoms with E-state index in [1.807, 2.05) is 30.3 Å². The molecule has 0 bridgehead atoms. The molecule has 0 spiro atoms. The molecule has 3 heteroatoms. The number of amides is 1. The summed E-state index contributed by atoms with van der Waals surface area (Å²) in [7, 11) is 0. The van der Waals surface area contributed by atoms with Gasteiger partial charge < -0.3 is 10.1 Å². The third-order valence-electron chi connectivity index (χ3n) is 2.72. The molecule has 106 valence electrons. The minimum atomic E-state index is -0.168. The van der Waals surface area contributed by atoms with E-state index in [9.17, 15) is 4.79 Å². The first kappa shape index (κ1) is 14.6. The lowest BCUT2D eigenvalue weighted by molar-refractivity contribution is -0.111. The zero-order chi connectivity index (χ0) is 14.9. The van der Waals surface area contributed by atoms with Gasteiger partial charge in [-0.25, -0.2) is 0 Å². The summed E-state index contributed by atoms with van der Waals surface area (Å²) in [6.07, 6.45) is 4.97. The Morgan fingerprint density at radius 3 is 2.48 bits per heavy atom. The first-order valence-electron chi connectivity index (χ1n) is 6.66. The van der Waals surface area contributed by atoms with Crippen molar-refractivity contribution in [2.45, 2.75) is 0 Å². The first-order valence-corrected chi connectivity index (χ1v) is 6.66. The minimum Gasteiger partial charge on any atom is -0.490 e. The van der Waals surface area contributed by atoms with Gasteiger partial charge in [0.15, 0.2) is 0 Å². The molecule has 0 atom stereocenters. The lowest BCUT2D eigenvalue weighted by Crippen LogP contribution is -2.07. The number of ether oxygens (including phenoxy) is 1. The third kappa shape index (κ3) is 4.99. The predicted molar refractivity (Wildman–Crippen MR) is 86.2 cm³/mol. The Kier molecular flexibility index (Phi) is 5.35. The fraction of sp³-hybridized carbons (Fsp3) is 0.0556. The second kappa shape index (κ2) is 7.70. The second-order valence-corrected chi connectivity index (χ2v) is 4.36. The van der Waals surface area contributed by atoms with Crippen LogP contribution < -0.4 is 10.1 Å². The Morgan fingerprint density at radius 1 is 1.10 bits per heavy atom. The molecule has 3 nitrogen and oxygen atoms in total. The van der Waals surface area contributed by atoms with E-state index in [2.05, 4.69) is 11.9 Å². The van der Waals surface area contributed by atoms with E-state index in [0.29, 0.717) is 6.61 Å². The van der Waals surface area contributed by atoms with E-state index >= 15 is 0 Å². The molecule has 0 aliphatic rings. The van der Waals surface area contributed by atoms with Crippen molar-refractivity contribution in [2.24, 2.45) is 0 Å². The highest BCUT2D eigenvalue weighted by atomic mass is 16.5. The van der Waals surface area contributed by atoms with Crippen molar-refractivity contribution in [1.29, 1.82) is 0 Å². The molecular weight excluding hydrogens is 262 g/mol. The number of carbonyl (C=O) groups is 1. The van der Waals surface area contributed by atoms with Crippen molar-refractivity contribution in [2.75, 3.05) is 11.9 Å². The maximum absolute atomic E-state index is 11.8. The van der Waals surface area contributed by atoms with Crippen LogP contribution in [0.1, 0.15) is 5.56 Å². The van der Waals surface area contributed by atoms with Gasteiger partial charge in [0.05, 0.1) is 0 Å². The van der Waals surface area contributed by atoms with Crippen LogP contribution in [0.3, 0.4) is 0 Å². The lowest BCUT2D eigenvalue weighted by atomic mass is 10.2. The number of hydrogen-bond acceptors (Lipinski definition) is 2. The topological polar surface area (TPSA) is 38.3 Å². The Labute approximate surface area is 124 Å². The average molecular weight is 279 g/mol. The molecule has 2 rings (SSSR count). The van der Waals surface area contributed by atoms with Crippen molar-refractivity contribution in [3.63, 3.8) is 0 Å². The molecular formula is C18H17NO2. The van der Waals surface area contributed by atoms with Gasteiger partial charge >= 0.3 is 0 Å². The molecule has 0 radical (unpaired) electrons. The van der Waals surface area contributed by atoms with Gasteiger partial charge in [-0.15, -0.1) is 0 Å². The monoisotopic (exact) mass is 279 g/mol. The average Bonchev–Trinajstić information content (AvgIpc) is 2.53. The van der Waals surface area contributed by atoms with Gasteiger partial charge in [-0.1, -0.05) is 43.0 Å². The van der Waals surface area contributed by atoms with Gasteiger partial charge in [-0.05, 0) is 35.9 Å². The molecule has 0 unspecified atom stereocenters. The van der Waals surface area contributed by atoms with Crippen LogP contribution in [0.25, 0.3) is 6.08 Å². The molecule has 0 aliphatic heterocycles. The van der Waals surface area contributed by atoms with Crippen molar-refractivity contribution in [1.82, 2.24) is 0 Å². The summed E-state index contributed by atoms with van der Waals surface area (Å²) in [6.45, 7) is 4.05. The molecule has 1 N–H and O–H groups in total. The van der Waals surface area contributed by atoms with Crippen LogP contribution in [-0.2, 0) is 4.79 Å². The predicted octanol–water partition coefficient (Wildman–Crippen LogP) is 3.90. The standard InChI is InChI=1S/C18H17NO2/c1-2-14-21-17-11-9-16(10-12-17)19-18(20)13-8-15-6-4-3-5-7-15/h2-13H,1,14H2,(H,19,20)/b13-8+. The number of carbonyl (C=O) groups excluding carboxylic acids is 1. The molecule has 0 fully saturated rings. The number of anilines is 1. The number of hydrogen-bond donors (Lipinski definition) is 1. The highest BCUT2D eigenvalue weighted by Gasteiger charge is 1.98. The van der Waals surface area contributed by atoms with Crippen LogP contribution in [0.5, 0.6) is 5.75 Å². The van der Waals surface area contributed by atoms with Crippen molar-refractivity contribution in [3.05, 3.63) is 78.9 Å². The summed E-state index contributed by atoms with van der Waals surface area (Å²) in [5.41, 5.74) is 1.71. The maximum Gasteiger partial charge on any atom is 0.248 e. The van der Waals surface area contributed by atoms with Crippen molar-refractivity contribution in [3.8, 4) is 5.75 Å². The van der Waals surface area contributed by atoms with Gasteiger partial charge in [0.25, 0.3) is 0 Å². The summed E-state index contributed by atoms with van der Waals surface area (Å²) >= 11 is 0. The van der Waals surface area contributed by atoms with Gasteiger partial charge in [0.1, 0.15) is 12.4 Å². The summed E-state index contributed by atoms with van der Waals surface area (Å²) in [5.74, 6) is 0.575. The summed E-state index contributed by atoms with van der Waals surface area (Å²) in [6, 6.07) is 16.9. The molecule has 0 aromatic heterocycles. The molecule has 0 saturated heterocycles. The molecule has 21 heavy (non-hydrogen) atoms. The van der Waals surface area contributed by atoms with Crippen LogP contribution in [0.2, 0.25) is 0 Å². The molecule has 2 aromatic carbocycles. The number of benzene rings is 2.